The number of fused-ring (bicyclic) bond motifs is 2. The third-order valence-corrected chi connectivity index (χ3v) is 11.7. The number of hydrogen-bond donors (Lipinski definition) is 2. The summed E-state index contributed by atoms with van der Waals surface area (Å²) in [5.41, 5.74) is 2.64. The minimum atomic E-state index is -0.283. The Morgan fingerprint density at radius 2 is 1.24 bits per heavy atom. The van der Waals surface area contributed by atoms with Gasteiger partial charge in [-0.05, 0) is 120 Å². The zero-order chi connectivity index (χ0) is 32.3. The van der Waals surface area contributed by atoms with Crippen LogP contribution in [0.3, 0.4) is 0 Å². The number of aliphatic hydroxyl groups is 2. The molecule has 2 N–H and O–H groups in total. The van der Waals surface area contributed by atoms with Crippen LogP contribution >= 0.6 is 0 Å². The average Bonchev–Trinajstić information content (AvgIpc) is 3.61. The van der Waals surface area contributed by atoms with E-state index in [0.29, 0.717) is 25.9 Å². The minimum Gasteiger partial charge on any atom is -0.493 e. The highest BCUT2D eigenvalue weighted by molar-refractivity contribution is 5.48. The van der Waals surface area contributed by atoms with Crippen molar-refractivity contribution < 1.29 is 29.2 Å². The number of benzene rings is 2. The fraction of sp³-hybridized carbons (Fsp3) is 0.684. The zero-order valence-electron chi connectivity index (χ0n) is 28.5. The molecule has 0 amide bonds. The Labute approximate surface area is 276 Å². The molecule has 0 spiro atoms. The highest BCUT2D eigenvalue weighted by Crippen LogP contribution is 2.51. The SMILES string of the molecule is CCCOc1cc([C@@]23CC[C@@H](O)C[C@@H]2N(CCOc2ccc([C@@]45CC[C@H](O)C[C@@H]4N(C)CC5)cc2OCCC)CC3)ccc1OC. The summed E-state index contributed by atoms with van der Waals surface area (Å²) < 4.78 is 24.5. The van der Waals surface area contributed by atoms with Gasteiger partial charge < -0.3 is 34.1 Å². The van der Waals surface area contributed by atoms with Gasteiger partial charge in [0.2, 0.25) is 0 Å². The molecule has 0 bridgehead atoms. The summed E-state index contributed by atoms with van der Waals surface area (Å²) in [4.78, 5) is 4.97. The summed E-state index contributed by atoms with van der Waals surface area (Å²) >= 11 is 0. The lowest BCUT2D eigenvalue weighted by Crippen LogP contribution is -2.49. The minimum absolute atomic E-state index is 0.0231. The standard InChI is InChI=1S/C38H56N2O6/c1-5-20-44-33-23-28(7-9-31(33)43-4)38-14-12-30(42)26-36(38)40(18-16-38)19-22-46-32-10-8-27(24-34(32)45-21-6-2)37-13-11-29(41)25-35(37)39(3)17-15-37/h7-10,23-24,29-30,35-36,41-42H,5-6,11-22,25-26H2,1-4H3/t29-,30+,35-,36-,37-,38-/m0/s1. The Morgan fingerprint density at radius 1 is 0.696 bits per heavy atom. The molecule has 2 aromatic rings. The van der Waals surface area contributed by atoms with Crippen LogP contribution < -0.4 is 18.9 Å². The first kappa shape index (κ1) is 33.4. The molecule has 2 aliphatic heterocycles. The maximum absolute atomic E-state index is 10.8. The molecule has 2 heterocycles. The lowest BCUT2D eigenvalue weighted by molar-refractivity contribution is 0.0448. The van der Waals surface area contributed by atoms with Crippen LogP contribution in [-0.4, -0.2) is 97.9 Å². The molecule has 2 aromatic carbocycles. The second kappa shape index (κ2) is 14.3. The fourth-order valence-corrected chi connectivity index (χ4v) is 9.17. The van der Waals surface area contributed by atoms with Crippen LogP contribution in [0, 0.1) is 0 Å². The van der Waals surface area contributed by atoms with E-state index in [1.54, 1.807) is 7.11 Å². The lowest BCUT2D eigenvalue weighted by atomic mass is 9.65. The molecule has 254 valence electrons. The van der Waals surface area contributed by atoms with Crippen LogP contribution in [0.25, 0.3) is 0 Å². The summed E-state index contributed by atoms with van der Waals surface area (Å²) in [6.45, 7) is 8.92. The maximum atomic E-state index is 10.8. The Kier molecular flexibility index (Phi) is 10.4. The number of likely N-dealkylation sites (N-methyl/N-ethyl adjacent to an activating group) is 1. The number of ether oxygens (including phenoxy) is 4. The monoisotopic (exact) mass is 636 g/mol. The molecule has 0 unspecified atom stereocenters. The molecule has 2 saturated carbocycles. The predicted octanol–water partition coefficient (Wildman–Crippen LogP) is 5.70. The summed E-state index contributed by atoms with van der Waals surface area (Å²) in [5.74, 6) is 3.21. The van der Waals surface area contributed by atoms with E-state index in [1.165, 1.54) is 11.1 Å². The van der Waals surface area contributed by atoms with E-state index >= 15 is 0 Å². The first-order chi connectivity index (χ1) is 22.3. The lowest BCUT2D eigenvalue weighted by Gasteiger charge is -2.44. The van der Waals surface area contributed by atoms with Crippen molar-refractivity contribution in [3.63, 3.8) is 0 Å². The van der Waals surface area contributed by atoms with Crippen LogP contribution in [0.4, 0.5) is 0 Å². The van der Waals surface area contributed by atoms with Gasteiger partial charge in [0.1, 0.15) is 6.61 Å². The molecule has 0 radical (unpaired) electrons. The number of hydrogen-bond acceptors (Lipinski definition) is 8. The molecule has 8 heteroatoms. The third kappa shape index (κ3) is 6.35. The Bertz CT molecular complexity index is 1320. The van der Waals surface area contributed by atoms with Crippen LogP contribution in [0.5, 0.6) is 23.0 Å². The highest BCUT2D eigenvalue weighted by atomic mass is 16.5. The molecule has 4 fully saturated rings. The summed E-state index contributed by atoms with van der Waals surface area (Å²) in [5, 5.41) is 21.3. The van der Waals surface area contributed by atoms with Gasteiger partial charge in [0.05, 0.1) is 32.5 Å². The summed E-state index contributed by atoms with van der Waals surface area (Å²) in [7, 11) is 3.89. The van der Waals surface area contributed by atoms with Crippen molar-refractivity contribution >= 4 is 0 Å². The van der Waals surface area contributed by atoms with Gasteiger partial charge in [-0.3, -0.25) is 4.90 Å². The molecule has 2 saturated heterocycles. The Balaban J connectivity index is 1.18. The second-order valence-corrected chi connectivity index (χ2v) is 14.3. The van der Waals surface area contributed by atoms with Crippen LogP contribution in [0.15, 0.2) is 36.4 Å². The van der Waals surface area contributed by atoms with Gasteiger partial charge in [-0.2, -0.15) is 0 Å². The molecule has 4 aliphatic rings. The first-order valence-corrected chi connectivity index (χ1v) is 17.9. The van der Waals surface area contributed by atoms with Crippen LogP contribution in [0.2, 0.25) is 0 Å². The number of likely N-dealkylation sites (tertiary alicyclic amines) is 2. The van der Waals surface area contributed by atoms with Gasteiger partial charge in [-0.25, -0.2) is 0 Å². The van der Waals surface area contributed by atoms with Crippen LogP contribution in [-0.2, 0) is 10.8 Å². The van der Waals surface area contributed by atoms with E-state index in [1.807, 2.05) is 6.07 Å². The van der Waals surface area contributed by atoms with Crippen LogP contribution in [0.1, 0.15) is 89.2 Å². The smallest absolute Gasteiger partial charge is 0.161 e. The molecule has 46 heavy (non-hydrogen) atoms. The van der Waals surface area contributed by atoms with Crippen molar-refractivity contribution in [1.29, 1.82) is 0 Å². The Hall–Kier alpha value is -2.52. The molecular weight excluding hydrogens is 580 g/mol. The third-order valence-electron chi connectivity index (χ3n) is 11.7. The molecule has 6 atom stereocenters. The highest BCUT2D eigenvalue weighted by Gasteiger charge is 2.52. The second-order valence-electron chi connectivity index (χ2n) is 14.3. The maximum Gasteiger partial charge on any atom is 0.161 e. The van der Waals surface area contributed by atoms with Crippen molar-refractivity contribution in [3.8, 4) is 23.0 Å². The van der Waals surface area contributed by atoms with Gasteiger partial charge in [0.25, 0.3) is 0 Å². The fourth-order valence-electron chi connectivity index (χ4n) is 9.17. The topological polar surface area (TPSA) is 83.9 Å². The first-order valence-electron chi connectivity index (χ1n) is 17.9. The molecule has 8 nitrogen and oxygen atoms in total. The van der Waals surface area contributed by atoms with Gasteiger partial charge >= 0.3 is 0 Å². The number of nitrogens with zero attached hydrogens (tertiary/aromatic N) is 2. The predicted molar refractivity (Wildman–Crippen MR) is 181 cm³/mol. The quantitative estimate of drug-likeness (QED) is 0.290. The van der Waals surface area contributed by atoms with E-state index in [-0.39, 0.29) is 29.1 Å². The van der Waals surface area contributed by atoms with Crippen molar-refractivity contribution in [2.45, 2.75) is 113 Å². The normalized spacial score (nSPS) is 31.3. The number of methoxy groups -OCH3 is 1. The van der Waals surface area contributed by atoms with E-state index in [9.17, 15) is 10.2 Å². The van der Waals surface area contributed by atoms with Crippen molar-refractivity contribution in [2.24, 2.45) is 0 Å². The largest absolute Gasteiger partial charge is 0.493 e. The van der Waals surface area contributed by atoms with E-state index in [4.69, 9.17) is 18.9 Å². The van der Waals surface area contributed by atoms with Crippen molar-refractivity contribution in [3.05, 3.63) is 47.5 Å². The average molecular weight is 637 g/mol. The molecule has 6 rings (SSSR count). The van der Waals surface area contributed by atoms with E-state index in [2.05, 4.69) is 61.0 Å². The number of aliphatic hydroxyl groups excluding tert-OH is 2. The van der Waals surface area contributed by atoms with E-state index < -0.39 is 0 Å². The molecular formula is C38H56N2O6. The van der Waals surface area contributed by atoms with Gasteiger partial charge in [0.15, 0.2) is 23.0 Å². The summed E-state index contributed by atoms with van der Waals surface area (Å²) in [6, 6.07) is 13.6. The van der Waals surface area contributed by atoms with Crippen molar-refractivity contribution in [2.75, 3.05) is 53.6 Å². The van der Waals surface area contributed by atoms with Crippen molar-refractivity contribution in [1.82, 2.24) is 9.80 Å². The summed E-state index contributed by atoms with van der Waals surface area (Å²) in [6.07, 6.45) is 8.77. The van der Waals surface area contributed by atoms with Gasteiger partial charge in [0, 0.05) is 29.5 Å². The van der Waals surface area contributed by atoms with Gasteiger partial charge in [-0.1, -0.05) is 26.0 Å². The van der Waals surface area contributed by atoms with E-state index in [0.717, 1.165) is 107 Å². The molecule has 0 aromatic heterocycles. The number of rotatable bonds is 13. The Morgan fingerprint density at radius 3 is 1.87 bits per heavy atom. The molecule has 2 aliphatic carbocycles. The van der Waals surface area contributed by atoms with Gasteiger partial charge in [-0.15, -0.1) is 0 Å². The zero-order valence-corrected chi connectivity index (χ0v) is 28.5.